The van der Waals surface area contributed by atoms with Crippen molar-refractivity contribution in [1.29, 1.82) is 5.26 Å². The molecule has 0 radical (unpaired) electrons. The summed E-state index contributed by atoms with van der Waals surface area (Å²) >= 11 is 0. The molecule has 0 unspecified atom stereocenters. The van der Waals surface area contributed by atoms with Gasteiger partial charge in [0.25, 0.3) is 5.91 Å². The van der Waals surface area contributed by atoms with Crippen LogP contribution in [0.5, 0.6) is 0 Å². The number of rotatable bonds is 7. The lowest BCUT2D eigenvalue weighted by molar-refractivity contribution is -0.144. The van der Waals surface area contributed by atoms with Crippen LogP contribution in [0.1, 0.15) is 56.5 Å². The molecule has 0 fully saturated rings. The van der Waals surface area contributed by atoms with Gasteiger partial charge in [0.05, 0.1) is 24.7 Å². The van der Waals surface area contributed by atoms with E-state index in [2.05, 4.69) is 38.2 Å². The number of hydrogen-bond donors (Lipinski definition) is 1. The molecule has 1 aromatic carbocycles. The molecule has 0 aliphatic heterocycles. The fourth-order valence-corrected chi connectivity index (χ4v) is 3.94. The molecule has 2 rings (SSSR count). The van der Waals surface area contributed by atoms with Crippen molar-refractivity contribution in [3.63, 3.8) is 0 Å². The number of hydrogen-bond acceptors (Lipinski definition) is 4. The van der Waals surface area contributed by atoms with Crippen LogP contribution in [0.15, 0.2) is 35.9 Å². The third-order valence-electron chi connectivity index (χ3n) is 5.58. The SMILES string of the molecule is CCOC(=O)C[C@H]1C[C@@H](C(C)C)[C@H](CNC(=O)c2ccc(C#N)cc2)C=C1C. The molecule has 150 valence electrons. The highest BCUT2D eigenvalue weighted by atomic mass is 16.5. The minimum absolute atomic E-state index is 0.133. The third kappa shape index (κ3) is 5.69. The standard InChI is InChI=1S/C23H30N2O3/c1-5-28-22(26)12-19-11-21(15(2)3)20(10-16(19)4)14-25-23(27)18-8-6-17(13-24)7-9-18/h6-10,15,19-21H,5,11-12,14H2,1-4H3,(H,25,27)/t19-,20+,21+/m1/s1. The van der Waals surface area contributed by atoms with E-state index >= 15 is 0 Å². The number of carbonyl (C=O) groups excluding carboxylic acids is 2. The second-order valence-corrected chi connectivity index (χ2v) is 7.82. The molecule has 0 saturated carbocycles. The van der Waals surface area contributed by atoms with Crippen LogP contribution in [0, 0.1) is 35.0 Å². The van der Waals surface area contributed by atoms with E-state index < -0.39 is 0 Å². The molecule has 1 N–H and O–H groups in total. The molecule has 28 heavy (non-hydrogen) atoms. The van der Waals surface area contributed by atoms with Gasteiger partial charge in [-0.25, -0.2) is 0 Å². The molecular formula is C23H30N2O3. The van der Waals surface area contributed by atoms with Gasteiger partial charge in [0, 0.05) is 12.1 Å². The Balaban J connectivity index is 2.04. The molecule has 3 atom stereocenters. The van der Waals surface area contributed by atoms with Gasteiger partial charge in [-0.3, -0.25) is 9.59 Å². The van der Waals surface area contributed by atoms with E-state index in [4.69, 9.17) is 10.00 Å². The van der Waals surface area contributed by atoms with Crippen molar-refractivity contribution in [2.24, 2.45) is 23.7 Å². The van der Waals surface area contributed by atoms with E-state index in [1.165, 1.54) is 5.57 Å². The van der Waals surface area contributed by atoms with Crippen LogP contribution < -0.4 is 5.32 Å². The maximum absolute atomic E-state index is 12.5. The first-order chi connectivity index (χ1) is 13.3. The number of ether oxygens (including phenoxy) is 1. The Kier molecular flexibility index (Phi) is 7.80. The summed E-state index contributed by atoms with van der Waals surface area (Å²) in [5, 5.41) is 11.9. The average Bonchev–Trinajstić information content (AvgIpc) is 2.67. The Morgan fingerprint density at radius 2 is 1.96 bits per heavy atom. The van der Waals surface area contributed by atoms with Gasteiger partial charge in [-0.2, -0.15) is 5.26 Å². The summed E-state index contributed by atoms with van der Waals surface area (Å²) in [7, 11) is 0. The lowest BCUT2D eigenvalue weighted by Crippen LogP contribution is -2.37. The van der Waals surface area contributed by atoms with Gasteiger partial charge >= 0.3 is 5.97 Å². The van der Waals surface area contributed by atoms with E-state index in [9.17, 15) is 9.59 Å². The molecule has 0 saturated heterocycles. The second-order valence-electron chi connectivity index (χ2n) is 7.82. The van der Waals surface area contributed by atoms with E-state index in [1.807, 2.05) is 6.92 Å². The molecule has 0 bridgehead atoms. The summed E-state index contributed by atoms with van der Waals surface area (Å²) in [4.78, 5) is 24.4. The highest BCUT2D eigenvalue weighted by Gasteiger charge is 2.33. The largest absolute Gasteiger partial charge is 0.466 e. The number of carbonyl (C=O) groups is 2. The van der Waals surface area contributed by atoms with Gasteiger partial charge in [-0.15, -0.1) is 0 Å². The Labute approximate surface area is 167 Å². The fraction of sp³-hybridized carbons (Fsp3) is 0.522. The number of amides is 1. The summed E-state index contributed by atoms with van der Waals surface area (Å²) in [6, 6.07) is 8.70. The van der Waals surface area contributed by atoms with E-state index in [0.717, 1.165) is 6.42 Å². The Bertz CT molecular complexity index is 759. The molecule has 0 heterocycles. The summed E-state index contributed by atoms with van der Waals surface area (Å²) < 4.78 is 5.12. The summed E-state index contributed by atoms with van der Waals surface area (Å²) in [5.74, 6) is 1.01. The maximum Gasteiger partial charge on any atom is 0.306 e. The summed E-state index contributed by atoms with van der Waals surface area (Å²) in [6.07, 6.45) is 3.57. The molecule has 1 aliphatic rings. The van der Waals surface area contributed by atoms with Crippen molar-refractivity contribution in [1.82, 2.24) is 5.32 Å². The molecule has 1 aliphatic carbocycles. The van der Waals surface area contributed by atoms with Crippen LogP contribution in [-0.2, 0) is 9.53 Å². The Hall–Kier alpha value is -2.61. The first-order valence-electron chi connectivity index (χ1n) is 9.98. The van der Waals surface area contributed by atoms with Crippen molar-refractivity contribution in [2.45, 2.75) is 40.5 Å². The van der Waals surface area contributed by atoms with E-state index in [1.54, 1.807) is 24.3 Å². The summed E-state index contributed by atoms with van der Waals surface area (Å²) in [5.41, 5.74) is 2.29. The number of nitriles is 1. The Morgan fingerprint density at radius 3 is 2.54 bits per heavy atom. The van der Waals surface area contributed by atoms with Crippen LogP contribution in [0.25, 0.3) is 0 Å². The molecule has 0 spiro atoms. The number of allylic oxidation sites excluding steroid dienone is 1. The fourth-order valence-electron chi connectivity index (χ4n) is 3.94. The van der Waals surface area contributed by atoms with Crippen LogP contribution in [0.3, 0.4) is 0 Å². The van der Waals surface area contributed by atoms with Crippen LogP contribution in [-0.4, -0.2) is 25.0 Å². The second kappa shape index (κ2) is 10.1. The van der Waals surface area contributed by atoms with E-state index in [-0.39, 0.29) is 23.7 Å². The zero-order valence-corrected chi connectivity index (χ0v) is 17.2. The minimum atomic E-state index is -0.143. The Morgan fingerprint density at radius 1 is 1.29 bits per heavy atom. The maximum atomic E-state index is 12.5. The van der Waals surface area contributed by atoms with E-state index in [0.29, 0.717) is 42.5 Å². The monoisotopic (exact) mass is 382 g/mol. The zero-order chi connectivity index (χ0) is 20.7. The lowest BCUT2D eigenvalue weighted by atomic mass is 9.70. The first kappa shape index (κ1) is 21.7. The molecule has 0 aromatic heterocycles. The van der Waals surface area contributed by atoms with Crippen molar-refractivity contribution in [2.75, 3.05) is 13.2 Å². The third-order valence-corrected chi connectivity index (χ3v) is 5.58. The first-order valence-corrected chi connectivity index (χ1v) is 9.98. The highest BCUT2D eigenvalue weighted by molar-refractivity contribution is 5.94. The zero-order valence-electron chi connectivity index (χ0n) is 17.2. The summed E-state index contributed by atoms with van der Waals surface area (Å²) in [6.45, 7) is 9.24. The van der Waals surface area contributed by atoms with Crippen molar-refractivity contribution >= 4 is 11.9 Å². The predicted octanol–water partition coefficient (Wildman–Crippen LogP) is 4.10. The number of benzene rings is 1. The van der Waals surface area contributed by atoms with Gasteiger partial charge in [0.1, 0.15) is 0 Å². The quantitative estimate of drug-likeness (QED) is 0.569. The smallest absolute Gasteiger partial charge is 0.306 e. The molecule has 1 aromatic rings. The normalized spacial score (nSPS) is 21.6. The number of nitrogens with zero attached hydrogens (tertiary/aromatic N) is 1. The van der Waals surface area contributed by atoms with Crippen molar-refractivity contribution < 1.29 is 14.3 Å². The van der Waals surface area contributed by atoms with Crippen molar-refractivity contribution in [3.8, 4) is 6.07 Å². The van der Waals surface area contributed by atoms with Gasteiger partial charge in [0.15, 0.2) is 0 Å². The number of nitrogens with one attached hydrogen (secondary N) is 1. The number of esters is 1. The molecule has 1 amide bonds. The van der Waals surface area contributed by atoms with Gasteiger partial charge in [-0.1, -0.05) is 25.5 Å². The molecular weight excluding hydrogens is 352 g/mol. The van der Waals surface area contributed by atoms with Gasteiger partial charge < -0.3 is 10.1 Å². The lowest BCUT2D eigenvalue weighted by Gasteiger charge is -2.37. The van der Waals surface area contributed by atoms with Crippen molar-refractivity contribution in [3.05, 3.63) is 47.0 Å². The molecule has 5 nitrogen and oxygen atoms in total. The molecule has 5 heteroatoms. The van der Waals surface area contributed by atoms with Crippen LogP contribution in [0.2, 0.25) is 0 Å². The average molecular weight is 383 g/mol. The minimum Gasteiger partial charge on any atom is -0.466 e. The van der Waals surface area contributed by atoms with Crippen LogP contribution in [0.4, 0.5) is 0 Å². The van der Waals surface area contributed by atoms with Gasteiger partial charge in [0.2, 0.25) is 0 Å². The van der Waals surface area contributed by atoms with Gasteiger partial charge in [-0.05, 0) is 68.2 Å². The van der Waals surface area contributed by atoms with Crippen LogP contribution >= 0.6 is 0 Å². The predicted molar refractivity (Wildman–Crippen MR) is 108 cm³/mol. The highest BCUT2D eigenvalue weighted by Crippen LogP contribution is 2.38. The topological polar surface area (TPSA) is 79.2 Å².